The standard InChI is InChI=1S/C14H11BrN4O2/c1-2-9-5-11(14(20)21)17-13-6-10(18-19(9)13)8-3-4-12(15)16-7-8/h3-7H,2H2,1H3,(H,20,21). The van der Waals surface area contributed by atoms with Crippen molar-refractivity contribution >= 4 is 27.5 Å². The van der Waals surface area contributed by atoms with Gasteiger partial charge in [0.05, 0.1) is 5.69 Å². The Bertz CT molecular complexity index is 827. The first-order valence-electron chi connectivity index (χ1n) is 6.33. The Kier molecular flexibility index (Phi) is 3.42. The summed E-state index contributed by atoms with van der Waals surface area (Å²) < 4.78 is 2.42. The van der Waals surface area contributed by atoms with Crippen molar-refractivity contribution < 1.29 is 9.90 Å². The van der Waals surface area contributed by atoms with Gasteiger partial charge >= 0.3 is 5.97 Å². The van der Waals surface area contributed by atoms with Crippen LogP contribution >= 0.6 is 15.9 Å². The zero-order valence-electron chi connectivity index (χ0n) is 11.1. The van der Waals surface area contributed by atoms with Crippen LogP contribution in [0.2, 0.25) is 0 Å². The molecule has 0 spiro atoms. The highest BCUT2D eigenvalue weighted by Gasteiger charge is 2.13. The van der Waals surface area contributed by atoms with Crippen LogP contribution in [0.15, 0.2) is 35.1 Å². The van der Waals surface area contributed by atoms with E-state index in [4.69, 9.17) is 5.11 Å². The van der Waals surface area contributed by atoms with E-state index in [1.165, 1.54) is 0 Å². The van der Waals surface area contributed by atoms with E-state index < -0.39 is 5.97 Å². The van der Waals surface area contributed by atoms with Crippen molar-refractivity contribution in [2.24, 2.45) is 0 Å². The summed E-state index contributed by atoms with van der Waals surface area (Å²) in [7, 11) is 0. The summed E-state index contributed by atoms with van der Waals surface area (Å²) in [5.41, 5.74) is 2.90. The molecule has 0 saturated heterocycles. The monoisotopic (exact) mass is 346 g/mol. The lowest BCUT2D eigenvalue weighted by Gasteiger charge is -2.02. The van der Waals surface area contributed by atoms with Crippen molar-refractivity contribution in [3.05, 3.63) is 46.5 Å². The molecule has 0 saturated carbocycles. The number of aryl methyl sites for hydroxylation is 1. The summed E-state index contributed by atoms with van der Waals surface area (Å²) >= 11 is 3.29. The molecule has 106 valence electrons. The minimum atomic E-state index is -1.04. The minimum Gasteiger partial charge on any atom is -0.477 e. The first-order valence-corrected chi connectivity index (χ1v) is 7.12. The Balaban J connectivity index is 2.19. The predicted octanol–water partition coefficient (Wildman–Crippen LogP) is 2.81. The molecule has 3 heterocycles. The number of carboxylic acid groups (broad SMARTS) is 1. The minimum absolute atomic E-state index is 0.0275. The van der Waals surface area contributed by atoms with Crippen molar-refractivity contribution in [1.82, 2.24) is 19.6 Å². The van der Waals surface area contributed by atoms with Crippen LogP contribution in [0.1, 0.15) is 23.1 Å². The molecule has 6 nitrogen and oxygen atoms in total. The maximum atomic E-state index is 11.1. The fourth-order valence-electron chi connectivity index (χ4n) is 2.07. The molecule has 1 N–H and O–H groups in total. The molecule has 7 heteroatoms. The second-order valence-corrected chi connectivity index (χ2v) is 5.27. The number of carboxylic acids is 1. The van der Waals surface area contributed by atoms with Crippen molar-refractivity contribution in [3.63, 3.8) is 0 Å². The maximum Gasteiger partial charge on any atom is 0.354 e. The zero-order valence-corrected chi connectivity index (χ0v) is 12.7. The number of aromatic carboxylic acids is 1. The number of carbonyl (C=O) groups is 1. The van der Waals surface area contributed by atoms with Gasteiger partial charge in [0.15, 0.2) is 11.3 Å². The van der Waals surface area contributed by atoms with Gasteiger partial charge in [-0.2, -0.15) is 5.10 Å². The largest absolute Gasteiger partial charge is 0.477 e. The number of nitrogens with zero attached hydrogens (tertiary/aromatic N) is 4. The van der Waals surface area contributed by atoms with Gasteiger partial charge in [-0.15, -0.1) is 0 Å². The normalized spacial score (nSPS) is 11.0. The van der Waals surface area contributed by atoms with Crippen LogP contribution in [-0.4, -0.2) is 30.7 Å². The summed E-state index contributed by atoms with van der Waals surface area (Å²) in [5.74, 6) is -1.04. The van der Waals surface area contributed by atoms with Crippen LogP contribution in [0.3, 0.4) is 0 Å². The van der Waals surface area contributed by atoms with Crippen LogP contribution in [0.5, 0.6) is 0 Å². The summed E-state index contributed by atoms with van der Waals surface area (Å²) in [6.45, 7) is 1.95. The number of pyridine rings is 1. The summed E-state index contributed by atoms with van der Waals surface area (Å²) in [4.78, 5) is 19.4. The Hall–Kier alpha value is -2.28. The Morgan fingerprint density at radius 3 is 2.81 bits per heavy atom. The Morgan fingerprint density at radius 1 is 1.38 bits per heavy atom. The van der Waals surface area contributed by atoms with Gasteiger partial charge in [0, 0.05) is 23.5 Å². The van der Waals surface area contributed by atoms with Gasteiger partial charge in [0.1, 0.15) is 4.60 Å². The molecule has 21 heavy (non-hydrogen) atoms. The smallest absolute Gasteiger partial charge is 0.354 e. The number of fused-ring (bicyclic) bond motifs is 1. The highest BCUT2D eigenvalue weighted by molar-refractivity contribution is 9.10. The quantitative estimate of drug-likeness (QED) is 0.737. The summed E-state index contributed by atoms with van der Waals surface area (Å²) in [5, 5.41) is 13.6. The molecule has 0 bridgehead atoms. The molecule has 0 atom stereocenters. The molecule has 0 aliphatic rings. The summed E-state index contributed by atoms with van der Waals surface area (Å²) in [6, 6.07) is 7.03. The number of halogens is 1. The van der Waals surface area contributed by atoms with Crippen LogP contribution < -0.4 is 0 Å². The molecule has 0 radical (unpaired) electrons. The fraction of sp³-hybridized carbons (Fsp3) is 0.143. The lowest BCUT2D eigenvalue weighted by molar-refractivity contribution is 0.0690. The molecule has 3 aromatic rings. The van der Waals surface area contributed by atoms with E-state index in [1.54, 1.807) is 22.8 Å². The van der Waals surface area contributed by atoms with E-state index in [9.17, 15) is 4.79 Å². The van der Waals surface area contributed by atoms with E-state index >= 15 is 0 Å². The van der Waals surface area contributed by atoms with Crippen LogP contribution in [-0.2, 0) is 6.42 Å². The van der Waals surface area contributed by atoms with Gasteiger partial charge in [-0.3, -0.25) is 0 Å². The molecular formula is C14H11BrN4O2. The lowest BCUT2D eigenvalue weighted by atomic mass is 10.2. The second kappa shape index (κ2) is 5.25. The van der Waals surface area contributed by atoms with Gasteiger partial charge in [0.25, 0.3) is 0 Å². The molecule has 3 rings (SSSR count). The van der Waals surface area contributed by atoms with Crippen molar-refractivity contribution in [2.75, 3.05) is 0 Å². The van der Waals surface area contributed by atoms with E-state index in [2.05, 4.69) is 31.0 Å². The molecule has 0 aliphatic heterocycles. The highest BCUT2D eigenvalue weighted by Crippen LogP contribution is 2.21. The van der Waals surface area contributed by atoms with Gasteiger partial charge in [-0.1, -0.05) is 6.92 Å². The Morgan fingerprint density at radius 2 is 2.19 bits per heavy atom. The average molecular weight is 347 g/mol. The third-order valence-corrected chi connectivity index (χ3v) is 3.57. The molecular weight excluding hydrogens is 336 g/mol. The van der Waals surface area contributed by atoms with Gasteiger partial charge in [-0.05, 0) is 40.5 Å². The first-order chi connectivity index (χ1) is 10.1. The lowest BCUT2D eigenvalue weighted by Crippen LogP contribution is -2.06. The molecule has 3 aromatic heterocycles. The van der Waals surface area contributed by atoms with Gasteiger partial charge < -0.3 is 5.11 Å². The van der Waals surface area contributed by atoms with Crippen LogP contribution in [0.25, 0.3) is 16.9 Å². The van der Waals surface area contributed by atoms with Crippen molar-refractivity contribution in [1.29, 1.82) is 0 Å². The SMILES string of the molecule is CCc1cc(C(=O)O)nc2cc(-c3ccc(Br)nc3)nn12. The first kappa shape index (κ1) is 13.7. The number of hydrogen-bond acceptors (Lipinski definition) is 4. The summed E-state index contributed by atoms with van der Waals surface area (Å²) in [6.07, 6.45) is 2.37. The molecule has 0 aromatic carbocycles. The molecule has 0 amide bonds. The van der Waals surface area contributed by atoms with Crippen molar-refractivity contribution in [2.45, 2.75) is 13.3 Å². The van der Waals surface area contributed by atoms with Crippen LogP contribution in [0.4, 0.5) is 0 Å². The Labute approximate surface area is 128 Å². The fourth-order valence-corrected chi connectivity index (χ4v) is 2.30. The molecule has 0 unspecified atom stereocenters. The number of aromatic nitrogens is 4. The molecule has 0 fully saturated rings. The number of hydrogen-bond donors (Lipinski definition) is 1. The highest BCUT2D eigenvalue weighted by atomic mass is 79.9. The van der Waals surface area contributed by atoms with E-state index in [0.29, 0.717) is 17.8 Å². The zero-order chi connectivity index (χ0) is 15.0. The molecule has 0 aliphatic carbocycles. The van der Waals surface area contributed by atoms with Crippen LogP contribution in [0, 0.1) is 0 Å². The third-order valence-electron chi connectivity index (χ3n) is 3.11. The second-order valence-electron chi connectivity index (χ2n) is 4.46. The number of rotatable bonds is 3. The van der Waals surface area contributed by atoms with E-state index in [1.807, 2.05) is 19.1 Å². The average Bonchev–Trinajstić information content (AvgIpc) is 2.90. The predicted molar refractivity (Wildman–Crippen MR) is 80.3 cm³/mol. The maximum absolute atomic E-state index is 11.1. The topological polar surface area (TPSA) is 80.4 Å². The van der Waals surface area contributed by atoms with E-state index in [-0.39, 0.29) is 5.69 Å². The van der Waals surface area contributed by atoms with Crippen molar-refractivity contribution in [3.8, 4) is 11.3 Å². The van der Waals surface area contributed by atoms with Gasteiger partial charge in [-0.25, -0.2) is 19.3 Å². The third kappa shape index (κ3) is 2.52. The van der Waals surface area contributed by atoms with Gasteiger partial charge in [0.2, 0.25) is 0 Å². The van der Waals surface area contributed by atoms with E-state index in [0.717, 1.165) is 15.9 Å².